The zero-order valence-corrected chi connectivity index (χ0v) is 8.93. The van der Waals surface area contributed by atoms with Crippen LogP contribution in [0.15, 0.2) is 41.8 Å². The average Bonchev–Trinajstić information content (AvgIpc) is 2.25. The van der Waals surface area contributed by atoms with Crippen molar-refractivity contribution in [1.82, 2.24) is 5.32 Å². The second-order valence-corrected chi connectivity index (χ2v) is 3.55. The fourth-order valence-electron chi connectivity index (χ4n) is 1.09. The molecule has 1 aromatic rings. The molecule has 0 unspecified atom stereocenters. The summed E-state index contributed by atoms with van der Waals surface area (Å²) in [5.74, 6) is -0.0464. The number of carbonyl (C=O) groups excluding carboxylic acids is 1. The van der Waals surface area contributed by atoms with Crippen LogP contribution in [0.2, 0.25) is 0 Å². The van der Waals surface area contributed by atoms with Gasteiger partial charge in [-0.05, 0) is 18.4 Å². The largest absolute Gasteiger partial charge is 0.349 e. The topological polar surface area (TPSA) is 29.1 Å². The molecule has 0 aliphatic heterocycles. The Morgan fingerprint density at radius 2 is 2.29 bits per heavy atom. The summed E-state index contributed by atoms with van der Waals surface area (Å²) in [6.45, 7) is 4.05. The van der Waals surface area contributed by atoms with E-state index in [4.69, 9.17) is 0 Å². The summed E-state index contributed by atoms with van der Waals surface area (Å²) < 4.78 is 0. The molecule has 1 rings (SSSR count). The first-order valence-electron chi connectivity index (χ1n) is 4.31. The van der Waals surface area contributed by atoms with Gasteiger partial charge in [0, 0.05) is 11.4 Å². The predicted octanol–water partition coefficient (Wildman–Crippen LogP) is 2.32. The third-order valence-electron chi connectivity index (χ3n) is 1.76. The molecule has 3 heteroatoms. The first kappa shape index (κ1) is 10.9. The minimum Gasteiger partial charge on any atom is -0.349 e. The number of nitrogens with one attached hydrogen (secondary N) is 1. The van der Waals surface area contributed by atoms with E-state index >= 15 is 0 Å². The highest BCUT2D eigenvalue weighted by molar-refractivity contribution is 7.98. The monoisotopic (exact) mass is 207 g/mol. The summed E-state index contributed by atoms with van der Waals surface area (Å²) in [6.07, 6.45) is 3.62. The number of benzene rings is 1. The van der Waals surface area contributed by atoms with E-state index in [9.17, 15) is 4.79 Å². The van der Waals surface area contributed by atoms with Gasteiger partial charge in [-0.3, -0.25) is 4.79 Å². The first-order valence-corrected chi connectivity index (χ1v) is 5.54. The van der Waals surface area contributed by atoms with Crippen molar-refractivity contribution in [2.24, 2.45) is 0 Å². The maximum absolute atomic E-state index is 11.6. The van der Waals surface area contributed by atoms with Crippen molar-refractivity contribution < 1.29 is 4.79 Å². The van der Waals surface area contributed by atoms with Crippen LogP contribution in [0.3, 0.4) is 0 Å². The molecule has 0 aliphatic rings. The molecule has 0 aliphatic carbocycles. The SMILES string of the molecule is C=CCNC(=O)c1ccccc1SC. The highest BCUT2D eigenvalue weighted by atomic mass is 32.2. The van der Waals surface area contributed by atoms with Gasteiger partial charge < -0.3 is 5.32 Å². The second-order valence-electron chi connectivity index (χ2n) is 2.70. The minimum atomic E-state index is -0.0464. The summed E-state index contributed by atoms with van der Waals surface area (Å²) in [6, 6.07) is 7.55. The Labute approximate surface area is 88.4 Å². The van der Waals surface area contributed by atoms with Gasteiger partial charge in [-0.1, -0.05) is 18.2 Å². The summed E-state index contributed by atoms with van der Waals surface area (Å²) >= 11 is 1.57. The molecule has 1 amide bonds. The van der Waals surface area contributed by atoms with Gasteiger partial charge >= 0.3 is 0 Å². The van der Waals surface area contributed by atoms with E-state index in [1.54, 1.807) is 17.8 Å². The fourth-order valence-corrected chi connectivity index (χ4v) is 1.69. The van der Waals surface area contributed by atoms with Crippen molar-refractivity contribution in [2.45, 2.75) is 4.90 Å². The summed E-state index contributed by atoms with van der Waals surface area (Å²) in [5.41, 5.74) is 0.724. The van der Waals surface area contributed by atoms with Crippen LogP contribution in [0.5, 0.6) is 0 Å². The second kappa shape index (κ2) is 5.50. The van der Waals surface area contributed by atoms with Gasteiger partial charge in [-0.15, -0.1) is 18.3 Å². The lowest BCUT2D eigenvalue weighted by molar-refractivity contribution is 0.0955. The molecule has 1 N–H and O–H groups in total. The number of carbonyl (C=O) groups is 1. The van der Waals surface area contributed by atoms with Gasteiger partial charge in [-0.25, -0.2) is 0 Å². The van der Waals surface area contributed by atoms with Crippen LogP contribution in [0.25, 0.3) is 0 Å². The Morgan fingerprint density at radius 3 is 2.93 bits per heavy atom. The zero-order chi connectivity index (χ0) is 10.4. The first-order chi connectivity index (χ1) is 6.79. The standard InChI is InChI=1S/C11H13NOS/c1-3-8-12-11(13)9-6-4-5-7-10(9)14-2/h3-7H,1,8H2,2H3,(H,12,13). The van der Waals surface area contributed by atoms with Gasteiger partial charge in [0.05, 0.1) is 5.56 Å². The molecule has 14 heavy (non-hydrogen) atoms. The van der Waals surface area contributed by atoms with Crippen molar-refractivity contribution in [2.75, 3.05) is 12.8 Å². The molecular weight excluding hydrogens is 194 g/mol. The van der Waals surface area contributed by atoms with Crippen molar-refractivity contribution >= 4 is 17.7 Å². The third-order valence-corrected chi connectivity index (χ3v) is 2.55. The maximum Gasteiger partial charge on any atom is 0.252 e. The number of hydrogen-bond donors (Lipinski definition) is 1. The highest BCUT2D eigenvalue weighted by Gasteiger charge is 2.08. The summed E-state index contributed by atoms with van der Waals surface area (Å²) in [4.78, 5) is 12.6. The van der Waals surface area contributed by atoms with E-state index in [1.165, 1.54) is 0 Å². The van der Waals surface area contributed by atoms with Gasteiger partial charge in [0.15, 0.2) is 0 Å². The number of thioether (sulfide) groups is 1. The molecule has 1 aromatic carbocycles. The van der Waals surface area contributed by atoms with E-state index in [2.05, 4.69) is 11.9 Å². The average molecular weight is 207 g/mol. The molecule has 0 heterocycles. The highest BCUT2D eigenvalue weighted by Crippen LogP contribution is 2.19. The molecule has 0 atom stereocenters. The molecule has 0 saturated heterocycles. The van der Waals surface area contributed by atoms with Crippen molar-refractivity contribution in [3.63, 3.8) is 0 Å². The van der Waals surface area contributed by atoms with E-state index in [0.717, 1.165) is 10.5 Å². The fraction of sp³-hybridized carbons (Fsp3) is 0.182. The number of rotatable bonds is 4. The smallest absolute Gasteiger partial charge is 0.252 e. The van der Waals surface area contributed by atoms with Crippen molar-refractivity contribution in [3.05, 3.63) is 42.5 Å². The molecule has 0 spiro atoms. The lowest BCUT2D eigenvalue weighted by Crippen LogP contribution is -2.23. The molecule has 2 nitrogen and oxygen atoms in total. The molecule has 0 bridgehead atoms. The minimum absolute atomic E-state index is 0.0464. The van der Waals surface area contributed by atoms with E-state index < -0.39 is 0 Å². The number of amides is 1. The quantitative estimate of drug-likeness (QED) is 0.606. The molecular formula is C11H13NOS. The van der Waals surface area contributed by atoms with Crippen molar-refractivity contribution in [1.29, 1.82) is 0 Å². The number of hydrogen-bond acceptors (Lipinski definition) is 2. The van der Waals surface area contributed by atoms with Crippen LogP contribution < -0.4 is 5.32 Å². The summed E-state index contributed by atoms with van der Waals surface area (Å²) in [5, 5.41) is 2.75. The molecule has 0 radical (unpaired) electrons. The van der Waals surface area contributed by atoms with Gasteiger partial charge in [0.25, 0.3) is 5.91 Å². The third kappa shape index (κ3) is 2.64. The van der Waals surface area contributed by atoms with E-state index in [-0.39, 0.29) is 5.91 Å². The Balaban J connectivity index is 2.82. The molecule has 0 saturated carbocycles. The van der Waals surface area contributed by atoms with E-state index in [0.29, 0.717) is 6.54 Å². The Kier molecular flexibility index (Phi) is 4.26. The van der Waals surface area contributed by atoms with Crippen LogP contribution in [0.4, 0.5) is 0 Å². The normalized spacial score (nSPS) is 9.50. The van der Waals surface area contributed by atoms with Crippen LogP contribution in [-0.2, 0) is 0 Å². The van der Waals surface area contributed by atoms with Gasteiger partial charge in [0.1, 0.15) is 0 Å². The maximum atomic E-state index is 11.6. The van der Waals surface area contributed by atoms with E-state index in [1.807, 2.05) is 30.5 Å². The van der Waals surface area contributed by atoms with Crippen LogP contribution >= 0.6 is 11.8 Å². The van der Waals surface area contributed by atoms with Crippen LogP contribution in [0, 0.1) is 0 Å². The Hall–Kier alpha value is -1.22. The van der Waals surface area contributed by atoms with Crippen LogP contribution in [0.1, 0.15) is 10.4 Å². The zero-order valence-electron chi connectivity index (χ0n) is 8.12. The van der Waals surface area contributed by atoms with Crippen LogP contribution in [-0.4, -0.2) is 18.7 Å². The van der Waals surface area contributed by atoms with Gasteiger partial charge in [-0.2, -0.15) is 0 Å². The predicted molar refractivity (Wildman–Crippen MR) is 60.8 cm³/mol. The Bertz CT molecular complexity index is 336. The molecule has 74 valence electrons. The summed E-state index contributed by atoms with van der Waals surface area (Å²) in [7, 11) is 0. The molecule has 0 fully saturated rings. The van der Waals surface area contributed by atoms with Crippen molar-refractivity contribution in [3.8, 4) is 0 Å². The van der Waals surface area contributed by atoms with Gasteiger partial charge in [0.2, 0.25) is 0 Å². The lowest BCUT2D eigenvalue weighted by Gasteiger charge is -2.06. The lowest BCUT2D eigenvalue weighted by atomic mass is 10.2. The molecule has 0 aromatic heterocycles. The Morgan fingerprint density at radius 1 is 1.57 bits per heavy atom.